The average Bonchev–Trinajstić information content (AvgIpc) is 3.33. The number of thioether (sulfide) groups is 1. The molecule has 3 amide bonds. The van der Waals surface area contributed by atoms with Crippen LogP contribution in [0.5, 0.6) is 0 Å². The number of amides is 3. The van der Waals surface area contributed by atoms with Crippen molar-refractivity contribution in [2.24, 2.45) is 11.8 Å². The number of unbranched alkanes of at least 4 members (excludes halogenated alkanes) is 1. The predicted molar refractivity (Wildman–Crippen MR) is 172 cm³/mol. The number of rotatable bonds is 9. The summed E-state index contributed by atoms with van der Waals surface area (Å²) in [6, 6.07) is 16.9. The highest BCUT2D eigenvalue weighted by molar-refractivity contribution is 8.02. The van der Waals surface area contributed by atoms with Crippen LogP contribution in [-0.2, 0) is 14.4 Å². The molecule has 4 heterocycles. The van der Waals surface area contributed by atoms with Crippen molar-refractivity contribution in [3.05, 3.63) is 78.9 Å². The maximum absolute atomic E-state index is 14.6. The lowest BCUT2D eigenvalue weighted by Gasteiger charge is -2.35. The molecule has 2 fully saturated rings. The van der Waals surface area contributed by atoms with Gasteiger partial charge < -0.3 is 24.7 Å². The van der Waals surface area contributed by atoms with E-state index in [1.54, 1.807) is 26.5 Å². The van der Waals surface area contributed by atoms with Crippen LogP contribution < -0.4 is 14.7 Å². The number of aliphatic hydroxyl groups is 1. The standard InChI is InChI=1S/C34H40N4O4S/c1-3-35(4-2)24-15-17-26(18-16-24)37-22-11-19-34-29(32(41)38(20-8-9-23-39)30(34)33(37)42)28-27(43-34)14-10-21-36(31(28)40)25-12-6-5-7-13-25/h5-7,10-19,27-30,39H,3-4,8-9,20-23H2,1-2H3/t27-,28+,29+,30?,34+/m1/s1. The number of likely N-dealkylation sites (tertiary alicyclic amines) is 1. The van der Waals surface area contributed by atoms with E-state index in [2.05, 4.69) is 30.9 Å². The van der Waals surface area contributed by atoms with Crippen molar-refractivity contribution in [2.75, 3.05) is 54.0 Å². The highest BCUT2D eigenvalue weighted by atomic mass is 32.2. The Kier molecular flexibility index (Phi) is 8.38. The SMILES string of the molecule is CCN(CC)c1ccc(N2CC=C[C@]34S[C@@H]5C=CCN(c6ccccc6)C(=O)[C@@H]5[C@H]3C(=O)N(CCCCO)C4C2=O)cc1. The van der Waals surface area contributed by atoms with Crippen molar-refractivity contribution in [1.29, 1.82) is 0 Å². The third-order valence-corrected chi connectivity index (χ3v) is 11.1. The van der Waals surface area contributed by atoms with E-state index in [4.69, 9.17) is 0 Å². The lowest BCUT2D eigenvalue weighted by atomic mass is 9.78. The molecule has 226 valence electrons. The Morgan fingerprint density at radius 1 is 0.860 bits per heavy atom. The van der Waals surface area contributed by atoms with Crippen molar-refractivity contribution in [3.63, 3.8) is 0 Å². The third-order valence-electron chi connectivity index (χ3n) is 9.32. The smallest absolute Gasteiger partial charge is 0.251 e. The zero-order chi connectivity index (χ0) is 30.1. The van der Waals surface area contributed by atoms with Gasteiger partial charge in [-0.15, -0.1) is 11.8 Å². The quantitative estimate of drug-likeness (QED) is 0.345. The third kappa shape index (κ3) is 4.96. The number of para-hydroxylation sites is 1. The van der Waals surface area contributed by atoms with Gasteiger partial charge in [-0.2, -0.15) is 0 Å². The van der Waals surface area contributed by atoms with Crippen molar-refractivity contribution in [3.8, 4) is 0 Å². The van der Waals surface area contributed by atoms with E-state index < -0.39 is 22.6 Å². The van der Waals surface area contributed by atoms with E-state index in [1.165, 1.54) is 0 Å². The normalized spacial score (nSPS) is 28.1. The van der Waals surface area contributed by atoms with E-state index in [9.17, 15) is 19.5 Å². The molecule has 1 spiro atoms. The van der Waals surface area contributed by atoms with Gasteiger partial charge in [-0.25, -0.2) is 0 Å². The Balaban J connectivity index is 1.38. The fourth-order valence-electron chi connectivity index (χ4n) is 7.27. The van der Waals surface area contributed by atoms with Gasteiger partial charge in [0.25, 0.3) is 5.91 Å². The van der Waals surface area contributed by atoms with E-state index in [1.807, 2.05) is 66.7 Å². The fraction of sp³-hybridized carbons (Fsp3) is 0.441. The second-order valence-corrected chi connectivity index (χ2v) is 13.0. The molecule has 2 saturated heterocycles. The number of nitrogens with zero attached hydrogens (tertiary/aromatic N) is 4. The van der Waals surface area contributed by atoms with Crippen LogP contribution in [0.2, 0.25) is 0 Å². The Labute approximate surface area is 258 Å². The second kappa shape index (κ2) is 12.2. The van der Waals surface area contributed by atoms with Crippen LogP contribution in [0.3, 0.4) is 0 Å². The Bertz CT molecular complexity index is 1410. The molecule has 5 atom stereocenters. The molecule has 0 aliphatic carbocycles. The summed E-state index contributed by atoms with van der Waals surface area (Å²) in [5.41, 5.74) is 2.69. The Morgan fingerprint density at radius 2 is 1.53 bits per heavy atom. The van der Waals surface area contributed by atoms with Crippen LogP contribution in [0.15, 0.2) is 78.9 Å². The Morgan fingerprint density at radius 3 is 2.23 bits per heavy atom. The minimum absolute atomic E-state index is 0.0227. The summed E-state index contributed by atoms with van der Waals surface area (Å²) in [5, 5.41) is 9.27. The number of hydrogen-bond donors (Lipinski definition) is 1. The van der Waals surface area contributed by atoms with E-state index in [0.717, 1.165) is 30.2 Å². The van der Waals surface area contributed by atoms with Gasteiger partial charge in [-0.05, 0) is 63.1 Å². The molecule has 1 N–H and O–H groups in total. The van der Waals surface area contributed by atoms with Crippen LogP contribution in [0.4, 0.5) is 17.1 Å². The summed E-state index contributed by atoms with van der Waals surface area (Å²) in [5.74, 6) is -1.58. The molecule has 0 saturated carbocycles. The van der Waals surface area contributed by atoms with Crippen LogP contribution >= 0.6 is 11.8 Å². The van der Waals surface area contributed by atoms with Crippen molar-refractivity contribution >= 4 is 46.5 Å². The number of benzene rings is 2. The molecule has 4 aliphatic rings. The minimum Gasteiger partial charge on any atom is -0.396 e. The highest BCUT2D eigenvalue weighted by Gasteiger charge is 2.71. The highest BCUT2D eigenvalue weighted by Crippen LogP contribution is 2.61. The minimum atomic E-state index is -0.863. The maximum atomic E-state index is 14.6. The molecule has 1 unspecified atom stereocenters. The van der Waals surface area contributed by atoms with Crippen molar-refractivity contribution in [2.45, 2.75) is 42.7 Å². The molecular weight excluding hydrogens is 560 g/mol. The van der Waals surface area contributed by atoms with Crippen LogP contribution in [0, 0.1) is 11.8 Å². The van der Waals surface area contributed by atoms with Gasteiger partial charge in [0.05, 0.1) is 16.6 Å². The van der Waals surface area contributed by atoms with E-state index in [-0.39, 0.29) is 29.6 Å². The number of hydrogen-bond acceptors (Lipinski definition) is 6. The van der Waals surface area contributed by atoms with E-state index >= 15 is 0 Å². The zero-order valence-corrected chi connectivity index (χ0v) is 25.7. The van der Waals surface area contributed by atoms with Gasteiger partial charge in [0, 0.05) is 61.6 Å². The lowest BCUT2D eigenvalue weighted by molar-refractivity contribution is -0.138. The molecule has 0 aromatic heterocycles. The van der Waals surface area contributed by atoms with Gasteiger partial charge in [-0.3, -0.25) is 14.4 Å². The van der Waals surface area contributed by atoms with Crippen LogP contribution in [0.1, 0.15) is 26.7 Å². The van der Waals surface area contributed by atoms with Gasteiger partial charge in [0.15, 0.2) is 0 Å². The molecular formula is C34H40N4O4S. The second-order valence-electron chi connectivity index (χ2n) is 11.6. The van der Waals surface area contributed by atoms with Crippen molar-refractivity contribution < 1.29 is 19.5 Å². The van der Waals surface area contributed by atoms with Gasteiger partial charge in [-0.1, -0.05) is 42.5 Å². The first-order valence-corrected chi connectivity index (χ1v) is 16.3. The summed E-state index contributed by atoms with van der Waals surface area (Å²) < 4.78 is -0.863. The molecule has 0 bridgehead atoms. The predicted octanol–water partition coefficient (Wildman–Crippen LogP) is 4.11. The first kappa shape index (κ1) is 29.5. The molecule has 2 aromatic rings. The van der Waals surface area contributed by atoms with E-state index in [0.29, 0.717) is 32.5 Å². The molecule has 9 heteroatoms. The summed E-state index contributed by atoms with van der Waals surface area (Å²) in [6.07, 6.45) is 9.27. The molecule has 43 heavy (non-hydrogen) atoms. The first-order valence-electron chi connectivity index (χ1n) is 15.4. The fourth-order valence-corrected chi connectivity index (χ4v) is 9.28. The molecule has 6 rings (SSSR count). The van der Waals surface area contributed by atoms with Gasteiger partial charge in [0.1, 0.15) is 6.04 Å². The molecule has 4 aliphatic heterocycles. The number of aliphatic hydroxyl groups excluding tert-OH is 1. The van der Waals surface area contributed by atoms with Crippen LogP contribution in [0.25, 0.3) is 0 Å². The van der Waals surface area contributed by atoms with Crippen LogP contribution in [-0.4, -0.2) is 83.1 Å². The summed E-state index contributed by atoms with van der Waals surface area (Å²) in [7, 11) is 0. The summed E-state index contributed by atoms with van der Waals surface area (Å²) >= 11 is 1.60. The van der Waals surface area contributed by atoms with Gasteiger partial charge >= 0.3 is 0 Å². The number of anilines is 3. The van der Waals surface area contributed by atoms with Gasteiger partial charge in [0.2, 0.25) is 11.8 Å². The maximum Gasteiger partial charge on any atom is 0.251 e. The summed E-state index contributed by atoms with van der Waals surface area (Å²) in [6.45, 7) is 7.26. The molecule has 2 aromatic carbocycles. The summed E-state index contributed by atoms with van der Waals surface area (Å²) in [4.78, 5) is 50.9. The topological polar surface area (TPSA) is 84.4 Å². The number of carbonyl (C=O) groups is 3. The Hall–Kier alpha value is -3.56. The lowest BCUT2D eigenvalue weighted by Crippen LogP contribution is -2.53. The number of carbonyl (C=O) groups excluding carboxylic acids is 3. The molecule has 8 nitrogen and oxygen atoms in total. The average molecular weight is 601 g/mol. The number of fused-ring (bicyclic) bond motifs is 2. The van der Waals surface area contributed by atoms with Crippen molar-refractivity contribution in [1.82, 2.24) is 4.90 Å². The largest absolute Gasteiger partial charge is 0.396 e. The first-order chi connectivity index (χ1) is 20.9. The molecule has 0 radical (unpaired) electrons. The zero-order valence-electron chi connectivity index (χ0n) is 24.8. The monoisotopic (exact) mass is 600 g/mol.